The zero-order valence-corrected chi connectivity index (χ0v) is 7.93. The maximum Gasteiger partial charge on any atom is 0.105 e. The number of furan rings is 1. The molecule has 1 heterocycles. The number of rotatable bonds is 1. The van der Waals surface area contributed by atoms with Crippen molar-refractivity contribution in [3.05, 3.63) is 22.6 Å². The van der Waals surface area contributed by atoms with Crippen LogP contribution in [0.4, 0.5) is 0 Å². The Bertz CT molecular complexity index is 235. The van der Waals surface area contributed by atoms with Gasteiger partial charge in [0, 0.05) is 5.56 Å². The fourth-order valence-electron chi connectivity index (χ4n) is 1.82. The zero-order chi connectivity index (χ0) is 7.68. The van der Waals surface area contributed by atoms with E-state index in [4.69, 9.17) is 4.42 Å². The summed E-state index contributed by atoms with van der Waals surface area (Å²) in [6.45, 7) is 0. The first-order valence-corrected chi connectivity index (χ1v) is 4.89. The SMILES string of the molecule is Brc1cocc1C1CCCC1. The van der Waals surface area contributed by atoms with Gasteiger partial charge >= 0.3 is 0 Å². The highest BCUT2D eigenvalue weighted by atomic mass is 79.9. The van der Waals surface area contributed by atoms with Crippen LogP contribution in [0.15, 0.2) is 21.4 Å². The number of hydrogen-bond donors (Lipinski definition) is 0. The molecule has 0 aromatic carbocycles. The molecule has 1 aromatic heterocycles. The predicted molar refractivity (Wildman–Crippen MR) is 47.6 cm³/mol. The second kappa shape index (κ2) is 3.02. The summed E-state index contributed by atoms with van der Waals surface area (Å²) in [6, 6.07) is 0. The van der Waals surface area contributed by atoms with Crippen LogP contribution in [-0.2, 0) is 0 Å². The van der Waals surface area contributed by atoms with Crippen LogP contribution in [0.25, 0.3) is 0 Å². The third-order valence-electron chi connectivity index (χ3n) is 2.44. The summed E-state index contributed by atoms with van der Waals surface area (Å²) >= 11 is 3.48. The molecule has 1 fully saturated rings. The van der Waals surface area contributed by atoms with Crippen molar-refractivity contribution in [3.8, 4) is 0 Å². The van der Waals surface area contributed by atoms with Gasteiger partial charge in [0.1, 0.15) is 6.26 Å². The average molecular weight is 215 g/mol. The monoisotopic (exact) mass is 214 g/mol. The molecule has 0 unspecified atom stereocenters. The van der Waals surface area contributed by atoms with Crippen molar-refractivity contribution in [1.82, 2.24) is 0 Å². The van der Waals surface area contributed by atoms with Crippen molar-refractivity contribution in [3.63, 3.8) is 0 Å². The van der Waals surface area contributed by atoms with Crippen LogP contribution in [0.5, 0.6) is 0 Å². The molecule has 60 valence electrons. The fourth-order valence-corrected chi connectivity index (χ4v) is 2.34. The molecule has 2 heteroatoms. The molecule has 0 amide bonds. The van der Waals surface area contributed by atoms with Gasteiger partial charge in [-0.1, -0.05) is 12.8 Å². The molecule has 11 heavy (non-hydrogen) atoms. The van der Waals surface area contributed by atoms with Crippen LogP contribution in [0.1, 0.15) is 37.2 Å². The van der Waals surface area contributed by atoms with E-state index in [0.717, 1.165) is 10.4 Å². The smallest absolute Gasteiger partial charge is 0.105 e. The Kier molecular flexibility index (Phi) is 2.03. The van der Waals surface area contributed by atoms with Crippen LogP contribution in [-0.4, -0.2) is 0 Å². The van der Waals surface area contributed by atoms with E-state index in [0.29, 0.717) is 0 Å². The zero-order valence-electron chi connectivity index (χ0n) is 6.35. The highest BCUT2D eigenvalue weighted by molar-refractivity contribution is 9.10. The molecule has 1 aromatic rings. The Balaban J connectivity index is 2.21. The lowest BCUT2D eigenvalue weighted by molar-refractivity contribution is 0.557. The Hall–Kier alpha value is -0.240. The number of halogens is 1. The Morgan fingerprint density at radius 1 is 1.27 bits per heavy atom. The van der Waals surface area contributed by atoms with Gasteiger partial charge < -0.3 is 4.42 Å². The van der Waals surface area contributed by atoms with Crippen molar-refractivity contribution >= 4 is 15.9 Å². The van der Waals surface area contributed by atoms with E-state index in [1.807, 2.05) is 6.26 Å². The Morgan fingerprint density at radius 2 is 2.00 bits per heavy atom. The molecule has 2 rings (SSSR count). The highest BCUT2D eigenvalue weighted by Gasteiger charge is 2.20. The average Bonchev–Trinajstić information content (AvgIpc) is 2.55. The molecular weight excluding hydrogens is 204 g/mol. The van der Waals surface area contributed by atoms with Crippen molar-refractivity contribution in [2.75, 3.05) is 0 Å². The first-order valence-electron chi connectivity index (χ1n) is 4.09. The Labute approximate surface area is 74.9 Å². The Morgan fingerprint density at radius 3 is 2.55 bits per heavy atom. The highest BCUT2D eigenvalue weighted by Crippen LogP contribution is 2.37. The molecule has 0 N–H and O–H groups in total. The first-order chi connectivity index (χ1) is 5.38. The van der Waals surface area contributed by atoms with Gasteiger partial charge in [-0.05, 0) is 34.7 Å². The van der Waals surface area contributed by atoms with Crippen LogP contribution < -0.4 is 0 Å². The molecule has 0 bridgehead atoms. The largest absolute Gasteiger partial charge is 0.471 e. The van der Waals surface area contributed by atoms with E-state index < -0.39 is 0 Å². The third kappa shape index (κ3) is 1.36. The predicted octanol–water partition coefficient (Wildman–Crippen LogP) is 3.70. The van der Waals surface area contributed by atoms with E-state index in [1.165, 1.54) is 31.2 Å². The molecule has 1 nitrogen and oxygen atoms in total. The fraction of sp³-hybridized carbons (Fsp3) is 0.556. The van der Waals surface area contributed by atoms with Crippen LogP contribution in [0.2, 0.25) is 0 Å². The summed E-state index contributed by atoms with van der Waals surface area (Å²) in [5, 5.41) is 0. The van der Waals surface area contributed by atoms with Gasteiger partial charge in [0.2, 0.25) is 0 Å². The van der Waals surface area contributed by atoms with Gasteiger partial charge in [-0.2, -0.15) is 0 Å². The van der Waals surface area contributed by atoms with Crippen molar-refractivity contribution in [2.45, 2.75) is 31.6 Å². The van der Waals surface area contributed by atoms with Gasteiger partial charge in [0.15, 0.2) is 0 Å². The maximum absolute atomic E-state index is 5.11. The second-order valence-corrected chi connectivity index (χ2v) is 4.01. The lowest BCUT2D eigenvalue weighted by Gasteiger charge is -2.04. The lowest BCUT2D eigenvalue weighted by Crippen LogP contribution is -1.89. The molecule has 0 atom stereocenters. The third-order valence-corrected chi connectivity index (χ3v) is 3.08. The van der Waals surface area contributed by atoms with E-state index in [1.54, 1.807) is 6.26 Å². The van der Waals surface area contributed by atoms with E-state index in [9.17, 15) is 0 Å². The molecule has 1 aliphatic carbocycles. The molecule has 0 radical (unpaired) electrons. The summed E-state index contributed by atoms with van der Waals surface area (Å²) in [5.41, 5.74) is 1.36. The van der Waals surface area contributed by atoms with Gasteiger partial charge in [0.25, 0.3) is 0 Å². The summed E-state index contributed by atoms with van der Waals surface area (Å²) in [7, 11) is 0. The first kappa shape index (κ1) is 7.41. The topological polar surface area (TPSA) is 13.1 Å². The van der Waals surface area contributed by atoms with Gasteiger partial charge in [-0.25, -0.2) is 0 Å². The summed E-state index contributed by atoms with van der Waals surface area (Å²) < 4.78 is 6.25. The van der Waals surface area contributed by atoms with Crippen molar-refractivity contribution in [1.29, 1.82) is 0 Å². The summed E-state index contributed by atoms with van der Waals surface area (Å²) in [5.74, 6) is 0.753. The van der Waals surface area contributed by atoms with Gasteiger partial charge in [0.05, 0.1) is 10.7 Å². The molecule has 0 saturated heterocycles. The minimum atomic E-state index is 0.753. The summed E-state index contributed by atoms with van der Waals surface area (Å²) in [6.07, 6.45) is 9.06. The standard InChI is InChI=1S/C9H11BrO/c10-9-6-11-5-8(9)7-3-1-2-4-7/h5-7H,1-4H2. The van der Waals surface area contributed by atoms with Gasteiger partial charge in [-0.3, -0.25) is 0 Å². The lowest BCUT2D eigenvalue weighted by atomic mass is 10.0. The molecule has 0 aliphatic heterocycles. The van der Waals surface area contributed by atoms with Crippen LogP contribution in [0.3, 0.4) is 0 Å². The molecular formula is C9H11BrO. The van der Waals surface area contributed by atoms with E-state index in [-0.39, 0.29) is 0 Å². The van der Waals surface area contributed by atoms with E-state index >= 15 is 0 Å². The normalized spacial score (nSPS) is 19.4. The van der Waals surface area contributed by atoms with Crippen LogP contribution in [0, 0.1) is 0 Å². The molecule has 1 aliphatic rings. The van der Waals surface area contributed by atoms with E-state index in [2.05, 4.69) is 15.9 Å². The second-order valence-electron chi connectivity index (χ2n) is 3.16. The van der Waals surface area contributed by atoms with Crippen molar-refractivity contribution < 1.29 is 4.42 Å². The molecule has 1 saturated carbocycles. The molecule has 0 spiro atoms. The van der Waals surface area contributed by atoms with Crippen molar-refractivity contribution in [2.24, 2.45) is 0 Å². The summed E-state index contributed by atoms with van der Waals surface area (Å²) in [4.78, 5) is 0. The maximum atomic E-state index is 5.11. The number of hydrogen-bond acceptors (Lipinski definition) is 1. The minimum absolute atomic E-state index is 0.753. The minimum Gasteiger partial charge on any atom is -0.471 e. The van der Waals surface area contributed by atoms with Crippen LogP contribution >= 0.6 is 15.9 Å². The van der Waals surface area contributed by atoms with Gasteiger partial charge in [-0.15, -0.1) is 0 Å². The quantitative estimate of drug-likeness (QED) is 0.696.